The molecule has 1 unspecified atom stereocenters. The summed E-state index contributed by atoms with van der Waals surface area (Å²) in [5.74, 6) is 0. The molecule has 2 N–H and O–H groups in total. The monoisotopic (exact) mass is 198 g/mol. The Morgan fingerprint density at radius 1 is 1.55 bits per heavy atom. The van der Waals surface area contributed by atoms with Crippen molar-refractivity contribution in [2.75, 3.05) is 6.26 Å². The summed E-state index contributed by atoms with van der Waals surface area (Å²) in [5.41, 5.74) is 0. The van der Waals surface area contributed by atoms with Crippen LogP contribution >= 0.6 is 11.9 Å². The predicted octanol–water partition coefficient (Wildman–Crippen LogP) is 0.0962. The highest BCUT2D eigenvalue weighted by atomic mass is 32.2. The average molecular weight is 198 g/mol. The van der Waals surface area contributed by atoms with Crippen LogP contribution in [0.25, 0.3) is 0 Å². The standard InChI is InChI=1S/C5H14N2O2S2/c1-3-4-5(6-10-2)7-11(8)9/h5-6,11H,3-4H2,1-2H3,(H,7,8,9). The Balaban J connectivity index is 3.68. The van der Waals surface area contributed by atoms with Crippen LogP contribution in [0, 0.1) is 0 Å². The lowest BCUT2D eigenvalue weighted by atomic mass is 10.3. The summed E-state index contributed by atoms with van der Waals surface area (Å²) >= 11 is 1.41. The molecule has 0 aliphatic rings. The van der Waals surface area contributed by atoms with E-state index in [9.17, 15) is 8.42 Å². The molecule has 0 fully saturated rings. The number of hydrogen-bond acceptors (Lipinski definition) is 4. The molecule has 0 aliphatic carbocycles. The Morgan fingerprint density at radius 3 is 2.55 bits per heavy atom. The van der Waals surface area contributed by atoms with Gasteiger partial charge in [0.1, 0.15) is 0 Å². The summed E-state index contributed by atoms with van der Waals surface area (Å²) in [7, 11) is -2.49. The van der Waals surface area contributed by atoms with Gasteiger partial charge in [0, 0.05) is 0 Å². The smallest absolute Gasteiger partial charge is 0.202 e. The van der Waals surface area contributed by atoms with Crippen LogP contribution < -0.4 is 9.44 Å². The molecule has 6 heteroatoms. The first-order valence-corrected chi connectivity index (χ1v) is 5.80. The number of rotatable bonds is 6. The molecule has 0 rings (SSSR count). The zero-order valence-electron chi connectivity index (χ0n) is 6.66. The lowest BCUT2D eigenvalue weighted by molar-refractivity contribution is 0.527. The zero-order chi connectivity index (χ0) is 8.69. The van der Waals surface area contributed by atoms with E-state index in [0.717, 1.165) is 12.8 Å². The Kier molecular flexibility index (Phi) is 7.04. The maximum absolute atomic E-state index is 10.2. The number of thiol groups is 1. The van der Waals surface area contributed by atoms with Crippen LogP contribution in [0.15, 0.2) is 0 Å². The lowest BCUT2D eigenvalue weighted by Crippen LogP contribution is -2.37. The van der Waals surface area contributed by atoms with E-state index in [1.54, 1.807) is 0 Å². The van der Waals surface area contributed by atoms with E-state index in [1.807, 2.05) is 13.2 Å². The van der Waals surface area contributed by atoms with Crippen molar-refractivity contribution in [2.45, 2.75) is 25.9 Å². The minimum atomic E-state index is -2.49. The molecule has 0 aromatic rings. The van der Waals surface area contributed by atoms with E-state index >= 15 is 0 Å². The minimum Gasteiger partial charge on any atom is -0.247 e. The van der Waals surface area contributed by atoms with Crippen LogP contribution in [-0.4, -0.2) is 20.8 Å². The summed E-state index contributed by atoms with van der Waals surface area (Å²) in [6.07, 6.45) is 3.50. The van der Waals surface area contributed by atoms with E-state index < -0.39 is 10.9 Å². The van der Waals surface area contributed by atoms with Crippen molar-refractivity contribution in [3.63, 3.8) is 0 Å². The van der Waals surface area contributed by atoms with Crippen molar-refractivity contribution >= 4 is 22.8 Å². The molecule has 0 spiro atoms. The predicted molar refractivity (Wildman–Crippen MR) is 48.8 cm³/mol. The third-order valence-corrected chi connectivity index (χ3v) is 2.14. The van der Waals surface area contributed by atoms with Gasteiger partial charge < -0.3 is 0 Å². The maximum Gasteiger partial charge on any atom is 0.202 e. The van der Waals surface area contributed by atoms with Gasteiger partial charge in [-0.3, -0.25) is 0 Å². The fourth-order valence-electron chi connectivity index (χ4n) is 0.708. The van der Waals surface area contributed by atoms with Crippen molar-refractivity contribution in [1.82, 2.24) is 9.44 Å². The van der Waals surface area contributed by atoms with Gasteiger partial charge in [-0.25, -0.2) is 17.9 Å². The summed E-state index contributed by atoms with van der Waals surface area (Å²) in [6.45, 7) is 2.01. The van der Waals surface area contributed by atoms with E-state index in [0.29, 0.717) is 0 Å². The van der Waals surface area contributed by atoms with Crippen molar-refractivity contribution in [3.05, 3.63) is 0 Å². The van der Waals surface area contributed by atoms with Crippen LogP contribution in [0.1, 0.15) is 19.8 Å². The molecule has 4 nitrogen and oxygen atoms in total. The summed E-state index contributed by atoms with van der Waals surface area (Å²) in [5, 5.41) is 0. The molecule has 0 aromatic carbocycles. The molecule has 0 heterocycles. The van der Waals surface area contributed by atoms with E-state index in [-0.39, 0.29) is 6.17 Å². The minimum absolute atomic E-state index is 0.129. The third kappa shape index (κ3) is 6.61. The Bertz CT molecular complexity index is 147. The van der Waals surface area contributed by atoms with E-state index in [2.05, 4.69) is 9.44 Å². The van der Waals surface area contributed by atoms with Crippen molar-refractivity contribution in [3.8, 4) is 0 Å². The second kappa shape index (κ2) is 6.90. The molecule has 0 amide bonds. The quantitative estimate of drug-likeness (QED) is 0.322. The Hall–Kier alpha value is 0.220. The normalized spacial score (nSPS) is 13.7. The second-order valence-electron chi connectivity index (χ2n) is 2.05. The Morgan fingerprint density at radius 2 is 2.18 bits per heavy atom. The maximum atomic E-state index is 10.2. The zero-order valence-corrected chi connectivity index (χ0v) is 8.37. The number of nitrogens with one attached hydrogen (secondary N) is 2. The highest BCUT2D eigenvalue weighted by molar-refractivity contribution is 7.96. The fraction of sp³-hybridized carbons (Fsp3) is 1.00. The fourth-order valence-corrected chi connectivity index (χ4v) is 1.70. The van der Waals surface area contributed by atoms with E-state index in [4.69, 9.17) is 0 Å². The van der Waals surface area contributed by atoms with Crippen molar-refractivity contribution in [1.29, 1.82) is 0 Å². The molecule has 0 radical (unpaired) electrons. The van der Waals surface area contributed by atoms with Crippen LogP contribution in [0.2, 0.25) is 0 Å². The SMILES string of the molecule is CCCC(NSC)N[SH](=O)=O. The molecular formula is C5H14N2O2S2. The summed E-state index contributed by atoms with van der Waals surface area (Å²) in [4.78, 5) is 0. The molecule has 0 bridgehead atoms. The third-order valence-electron chi connectivity index (χ3n) is 1.10. The van der Waals surface area contributed by atoms with Crippen molar-refractivity contribution < 1.29 is 8.42 Å². The molecule has 11 heavy (non-hydrogen) atoms. The first kappa shape index (κ1) is 11.2. The average Bonchev–Trinajstić information content (AvgIpc) is 1.87. The van der Waals surface area contributed by atoms with Gasteiger partial charge in [-0.2, -0.15) is 0 Å². The summed E-state index contributed by atoms with van der Waals surface area (Å²) in [6, 6.07) is 0. The van der Waals surface area contributed by atoms with Gasteiger partial charge >= 0.3 is 0 Å². The molecule has 68 valence electrons. The van der Waals surface area contributed by atoms with Crippen molar-refractivity contribution in [2.24, 2.45) is 0 Å². The highest BCUT2D eigenvalue weighted by Crippen LogP contribution is 1.96. The van der Waals surface area contributed by atoms with Gasteiger partial charge in [0.15, 0.2) is 0 Å². The number of hydrogen-bond donors (Lipinski definition) is 3. The molecule has 0 saturated heterocycles. The topological polar surface area (TPSA) is 58.2 Å². The first-order valence-electron chi connectivity index (χ1n) is 3.39. The molecule has 1 atom stereocenters. The van der Waals surface area contributed by atoms with Crippen LogP contribution in [0.5, 0.6) is 0 Å². The molecular weight excluding hydrogens is 184 g/mol. The van der Waals surface area contributed by atoms with Crippen LogP contribution in [0.4, 0.5) is 0 Å². The molecule has 0 aliphatic heterocycles. The van der Waals surface area contributed by atoms with Gasteiger partial charge in [0.05, 0.1) is 6.17 Å². The van der Waals surface area contributed by atoms with Gasteiger partial charge in [-0.05, 0) is 12.7 Å². The Labute approximate surface area is 73.3 Å². The first-order chi connectivity index (χ1) is 5.20. The van der Waals surface area contributed by atoms with Crippen LogP contribution in [0.3, 0.4) is 0 Å². The highest BCUT2D eigenvalue weighted by Gasteiger charge is 2.04. The largest absolute Gasteiger partial charge is 0.247 e. The van der Waals surface area contributed by atoms with E-state index in [1.165, 1.54) is 11.9 Å². The summed E-state index contributed by atoms with van der Waals surface area (Å²) < 4.78 is 25.8. The molecule has 0 aromatic heterocycles. The van der Waals surface area contributed by atoms with Gasteiger partial charge in [-0.1, -0.05) is 25.3 Å². The van der Waals surface area contributed by atoms with Gasteiger partial charge in [0.25, 0.3) is 0 Å². The van der Waals surface area contributed by atoms with Crippen LogP contribution in [-0.2, 0) is 10.9 Å². The lowest BCUT2D eigenvalue weighted by Gasteiger charge is -2.13. The van der Waals surface area contributed by atoms with Gasteiger partial charge in [0.2, 0.25) is 10.9 Å². The second-order valence-corrected chi connectivity index (χ2v) is 3.47. The molecule has 0 saturated carbocycles. The van der Waals surface area contributed by atoms with Gasteiger partial charge in [-0.15, -0.1) is 0 Å².